The van der Waals surface area contributed by atoms with Crippen molar-refractivity contribution >= 4 is 46.8 Å². The summed E-state index contributed by atoms with van der Waals surface area (Å²) in [6.45, 7) is 1.35. The van der Waals surface area contributed by atoms with Gasteiger partial charge in [0.2, 0.25) is 5.91 Å². The van der Waals surface area contributed by atoms with Gasteiger partial charge in [0.1, 0.15) is 0 Å². The maximum Gasteiger partial charge on any atom is 0.331 e. The lowest BCUT2D eigenvalue weighted by Crippen LogP contribution is -2.41. The minimum absolute atomic E-state index is 0.156. The summed E-state index contributed by atoms with van der Waals surface area (Å²) in [6.07, 6.45) is 2.96. The number of nitrogens with zero attached hydrogens (tertiary/aromatic N) is 1. The molecule has 2 amide bonds. The van der Waals surface area contributed by atoms with E-state index in [1.165, 1.54) is 11.0 Å². The lowest BCUT2D eigenvalue weighted by molar-refractivity contribution is -0.143. The summed E-state index contributed by atoms with van der Waals surface area (Å²) in [4.78, 5) is 38.1. The number of halogens is 1. The average Bonchev–Trinajstić information content (AvgIpc) is 2.78. The number of nitrogens with one attached hydrogen (secondary N) is 1. The Bertz CT molecular complexity index is 942. The molecule has 0 spiro atoms. The maximum absolute atomic E-state index is 12.7. The number of carbonyl (C=O) groups is 3. The number of hydrogen-bond acceptors (Lipinski definition) is 4. The van der Waals surface area contributed by atoms with Crippen LogP contribution in [0.5, 0.6) is 0 Å². The molecule has 1 atom stereocenters. The predicted molar refractivity (Wildman–Crippen MR) is 108 cm³/mol. The number of para-hydroxylation sites is 2. The Morgan fingerprint density at radius 3 is 2.82 bits per heavy atom. The second-order valence-electron chi connectivity index (χ2n) is 6.38. The summed E-state index contributed by atoms with van der Waals surface area (Å²) in [5.41, 5.74) is 1.88. The topological polar surface area (TPSA) is 75.7 Å². The Labute approximate surface area is 167 Å². The van der Waals surface area contributed by atoms with E-state index >= 15 is 0 Å². The van der Waals surface area contributed by atoms with Gasteiger partial charge in [0, 0.05) is 23.6 Å². The molecule has 0 saturated heterocycles. The van der Waals surface area contributed by atoms with Crippen molar-refractivity contribution < 1.29 is 19.1 Å². The first kappa shape index (κ1) is 19.6. The first-order valence-corrected chi connectivity index (χ1v) is 9.13. The predicted octanol–water partition coefficient (Wildman–Crippen LogP) is 3.66. The molecular weight excluding hydrogens is 380 g/mol. The van der Waals surface area contributed by atoms with Crippen molar-refractivity contribution in [1.82, 2.24) is 0 Å². The molecule has 7 heteroatoms. The van der Waals surface area contributed by atoms with Crippen molar-refractivity contribution in [2.75, 3.05) is 16.8 Å². The Balaban J connectivity index is 1.67. The maximum atomic E-state index is 12.7. The number of fused-ring (bicyclic) bond motifs is 1. The molecule has 2 aromatic carbocycles. The summed E-state index contributed by atoms with van der Waals surface area (Å²) < 4.78 is 5.08. The van der Waals surface area contributed by atoms with Crippen LogP contribution in [0.4, 0.5) is 11.4 Å². The number of hydrogen-bond donors (Lipinski definition) is 1. The molecule has 144 valence electrons. The van der Waals surface area contributed by atoms with Gasteiger partial charge >= 0.3 is 5.97 Å². The molecule has 1 unspecified atom stereocenters. The molecule has 0 fully saturated rings. The van der Waals surface area contributed by atoms with Crippen LogP contribution in [0.25, 0.3) is 6.08 Å². The summed E-state index contributed by atoms with van der Waals surface area (Å²) in [5, 5.41) is 3.34. The average molecular weight is 399 g/mol. The standard InChI is InChI=1S/C21H19ClN2O4/c1-14-11-19(25)23-17-7-2-3-8-18(17)24(14)20(26)13-28-21(27)10-9-15-5-4-6-16(22)12-15/h2-10,12,14H,11,13H2,1H3,(H,23,25)/b10-9+. The van der Waals surface area contributed by atoms with E-state index in [0.29, 0.717) is 16.4 Å². The molecular formula is C21H19ClN2O4. The number of esters is 1. The third kappa shape index (κ3) is 4.78. The summed E-state index contributed by atoms with van der Waals surface area (Å²) in [5.74, 6) is -1.21. The highest BCUT2D eigenvalue weighted by molar-refractivity contribution is 6.30. The van der Waals surface area contributed by atoms with Crippen LogP contribution in [0.15, 0.2) is 54.6 Å². The Morgan fingerprint density at radius 2 is 2.04 bits per heavy atom. The highest BCUT2D eigenvalue weighted by Gasteiger charge is 2.29. The zero-order chi connectivity index (χ0) is 20.1. The highest BCUT2D eigenvalue weighted by Crippen LogP contribution is 2.31. The van der Waals surface area contributed by atoms with E-state index in [-0.39, 0.29) is 18.4 Å². The molecule has 1 heterocycles. The largest absolute Gasteiger partial charge is 0.452 e. The Kier molecular flexibility index (Phi) is 6.11. The normalized spacial score (nSPS) is 16.3. The van der Waals surface area contributed by atoms with Crippen LogP contribution in [-0.4, -0.2) is 30.4 Å². The van der Waals surface area contributed by atoms with Gasteiger partial charge in [0.25, 0.3) is 5.91 Å². The molecule has 28 heavy (non-hydrogen) atoms. The molecule has 0 aliphatic carbocycles. The fraction of sp³-hybridized carbons (Fsp3) is 0.190. The van der Waals surface area contributed by atoms with E-state index < -0.39 is 18.5 Å². The number of amides is 2. The van der Waals surface area contributed by atoms with Gasteiger partial charge in [-0.1, -0.05) is 35.9 Å². The van der Waals surface area contributed by atoms with Crippen LogP contribution in [0.1, 0.15) is 18.9 Å². The molecule has 0 radical (unpaired) electrons. The van der Waals surface area contributed by atoms with Crippen LogP contribution >= 0.6 is 11.6 Å². The first-order valence-electron chi connectivity index (χ1n) is 8.75. The van der Waals surface area contributed by atoms with Crippen molar-refractivity contribution in [2.45, 2.75) is 19.4 Å². The quantitative estimate of drug-likeness (QED) is 0.630. The summed E-state index contributed by atoms with van der Waals surface area (Å²) in [6, 6.07) is 13.7. The molecule has 6 nitrogen and oxygen atoms in total. The van der Waals surface area contributed by atoms with Gasteiger partial charge in [0.05, 0.1) is 11.4 Å². The molecule has 2 aromatic rings. The minimum Gasteiger partial charge on any atom is -0.452 e. The number of benzene rings is 2. The molecule has 0 bridgehead atoms. The van der Waals surface area contributed by atoms with Crippen LogP contribution in [0, 0.1) is 0 Å². The van der Waals surface area contributed by atoms with E-state index in [0.717, 1.165) is 5.56 Å². The van der Waals surface area contributed by atoms with Gasteiger partial charge in [0.15, 0.2) is 6.61 Å². The minimum atomic E-state index is -0.640. The molecule has 1 N–H and O–H groups in total. The fourth-order valence-corrected chi connectivity index (χ4v) is 3.19. The van der Waals surface area contributed by atoms with Gasteiger partial charge in [-0.05, 0) is 42.8 Å². The van der Waals surface area contributed by atoms with Gasteiger partial charge < -0.3 is 15.0 Å². The van der Waals surface area contributed by atoms with Gasteiger partial charge in [-0.25, -0.2) is 4.79 Å². The van der Waals surface area contributed by atoms with Crippen molar-refractivity contribution in [1.29, 1.82) is 0 Å². The van der Waals surface area contributed by atoms with E-state index in [1.54, 1.807) is 61.5 Å². The fourth-order valence-electron chi connectivity index (χ4n) is 2.99. The Hall–Kier alpha value is -3.12. The van der Waals surface area contributed by atoms with Gasteiger partial charge in [-0.15, -0.1) is 0 Å². The van der Waals surface area contributed by atoms with Gasteiger partial charge in [-0.2, -0.15) is 0 Å². The summed E-state index contributed by atoms with van der Waals surface area (Å²) >= 11 is 5.90. The number of anilines is 2. The zero-order valence-electron chi connectivity index (χ0n) is 15.2. The third-order valence-corrected chi connectivity index (χ3v) is 4.46. The van der Waals surface area contributed by atoms with Crippen molar-refractivity contribution in [3.63, 3.8) is 0 Å². The zero-order valence-corrected chi connectivity index (χ0v) is 16.0. The smallest absolute Gasteiger partial charge is 0.331 e. The van der Waals surface area contributed by atoms with E-state index in [4.69, 9.17) is 16.3 Å². The SMILES string of the molecule is CC1CC(=O)Nc2ccccc2N1C(=O)COC(=O)/C=C/c1cccc(Cl)c1. The first-order chi connectivity index (χ1) is 13.4. The molecule has 3 rings (SSSR count). The Morgan fingerprint density at radius 1 is 1.25 bits per heavy atom. The highest BCUT2D eigenvalue weighted by atomic mass is 35.5. The molecule has 1 aliphatic heterocycles. The van der Waals surface area contributed by atoms with Crippen LogP contribution in [-0.2, 0) is 19.1 Å². The number of rotatable bonds is 4. The lowest BCUT2D eigenvalue weighted by atomic mass is 10.1. The van der Waals surface area contributed by atoms with Crippen molar-refractivity contribution in [2.24, 2.45) is 0 Å². The van der Waals surface area contributed by atoms with Gasteiger partial charge in [-0.3, -0.25) is 9.59 Å². The molecule has 0 aromatic heterocycles. The number of carbonyl (C=O) groups excluding carboxylic acids is 3. The lowest BCUT2D eigenvalue weighted by Gasteiger charge is -2.27. The third-order valence-electron chi connectivity index (χ3n) is 4.23. The van der Waals surface area contributed by atoms with Crippen LogP contribution < -0.4 is 10.2 Å². The summed E-state index contributed by atoms with van der Waals surface area (Å²) in [7, 11) is 0. The van der Waals surface area contributed by atoms with E-state index in [2.05, 4.69) is 5.32 Å². The van der Waals surface area contributed by atoms with Crippen molar-refractivity contribution in [3.8, 4) is 0 Å². The number of ether oxygens (including phenoxy) is 1. The monoisotopic (exact) mass is 398 g/mol. The van der Waals surface area contributed by atoms with Crippen LogP contribution in [0.2, 0.25) is 5.02 Å². The van der Waals surface area contributed by atoms with Crippen molar-refractivity contribution in [3.05, 3.63) is 65.2 Å². The second-order valence-corrected chi connectivity index (χ2v) is 6.81. The van der Waals surface area contributed by atoms with Crippen LogP contribution in [0.3, 0.4) is 0 Å². The molecule has 0 saturated carbocycles. The second kappa shape index (κ2) is 8.71. The molecule has 1 aliphatic rings. The van der Waals surface area contributed by atoms with E-state index in [1.807, 2.05) is 0 Å². The van der Waals surface area contributed by atoms with E-state index in [9.17, 15) is 14.4 Å².